The zero-order valence-electron chi connectivity index (χ0n) is 37.4. The predicted octanol–water partition coefficient (Wildman–Crippen LogP) is 17.0. The third-order valence-corrected chi connectivity index (χ3v) is 13.4. The lowest BCUT2D eigenvalue weighted by atomic mass is 9.81. The summed E-state index contributed by atoms with van der Waals surface area (Å²) in [5, 5.41) is 3.73. The first-order valence-corrected chi connectivity index (χ1v) is 22.3. The lowest BCUT2D eigenvalue weighted by molar-refractivity contribution is 0.660. The molecule has 3 aliphatic rings. The molecule has 10 rings (SSSR count). The van der Waals surface area contributed by atoms with E-state index in [1.54, 1.807) is 0 Å². The summed E-state index contributed by atoms with van der Waals surface area (Å²) in [6, 6.07) is 57.5. The predicted molar refractivity (Wildman–Crippen MR) is 264 cm³/mol. The second kappa shape index (κ2) is 17.4. The molecule has 61 heavy (non-hydrogen) atoms. The van der Waals surface area contributed by atoms with Gasteiger partial charge in [-0.25, -0.2) is 0 Å². The third-order valence-electron chi connectivity index (χ3n) is 13.4. The SMILES string of the molecule is CC1(C)c2ccccc2-c2ccc(Nc3ccc4c(c3)C(C)(C)c3cc(-c5ccccc5)ccc3-4)cc21.CC1C=CC=CC1.CCC(C)c1ccccc1-c1ccccc1C. The van der Waals surface area contributed by atoms with Crippen LogP contribution in [0.2, 0.25) is 0 Å². The highest BCUT2D eigenvalue weighted by Crippen LogP contribution is 2.52. The molecule has 0 aromatic heterocycles. The van der Waals surface area contributed by atoms with E-state index in [0.717, 1.165) is 17.3 Å². The summed E-state index contributed by atoms with van der Waals surface area (Å²) in [6.07, 6.45) is 11.0. The normalized spacial score (nSPS) is 16.1. The summed E-state index contributed by atoms with van der Waals surface area (Å²) in [7, 11) is 0. The van der Waals surface area contributed by atoms with Gasteiger partial charge in [0.15, 0.2) is 0 Å². The van der Waals surface area contributed by atoms with Crippen LogP contribution in [0.4, 0.5) is 11.4 Å². The Morgan fingerprint density at radius 3 is 1.64 bits per heavy atom. The molecule has 3 aliphatic carbocycles. The van der Waals surface area contributed by atoms with Crippen molar-refractivity contribution in [2.45, 2.75) is 85.0 Å². The minimum absolute atomic E-state index is 0.00163. The number of anilines is 2. The fourth-order valence-electron chi connectivity index (χ4n) is 9.55. The van der Waals surface area contributed by atoms with Gasteiger partial charge in [-0.2, -0.15) is 0 Å². The highest BCUT2D eigenvalue weighted by molar-refractivity contribution is 5.86. The van der Waals surface area contributed by atoms with E-state index in [1.165, 1.54) is 90.7 Å². The second-order valence-corrected chi connectivity index (χ2v) is 18.3. The fourth-order valence-corrected chi connectivity index (χ4v) is 9.55. The molecule has 0 radical (unpaired) electrons. The summed E-state index contributed by atoms with van der Waals surface area (Å²) in [5.74, 6) is 1.39. The van der Waals surface area contributed by atoms with Crippen molar-refractivity contribution in [3.05, 3.63) is 215 Å². The van der Waals surface area contributed by atoms with Gasteiger partial charge in [-0.15, -0.1) is 0 Å². The molecule has 7 aromatic carbocycles. The van der Waals surface area contributed by atoms with Crippen LogP contribution in [0.1, 0.15) is 101 Å². The Balaban J connectivity index is 0.000000176. The zero-order chi connectivity index (χ0) is 42.7. The third kappa shape index (κ3) is 8.32. The molecule has 2 atom stereocenters. The van der Waals surface area contributed by atoms with Crippen LogP contribution >= 0.6 is 0 Å². The Kier molecular flexibility index (Phi) is 11.9. The molecular weight excluding hydrogens is 735 g/mol. The number of rotatable bonds is 6. The van der Waals surface area contributed by atoms with Gasteiger partial charge in [0.25, 0.3) is 0 Å². The maximum atomic E-state index is 3.73. The van der Waals surface area contributed by atoms with Crippen molar-refractivity contribution in [3.8, 4) is 44.5 Å². The van der Waals surface area contributed by atoms with E-state index in [0.29, 0.717) is 5.92 Å². The molecule has 0 spiro atoms. The first kappa shape index (κ1) is 41.5. The summed E-state index contributed by atoms with van der Waals surface area (Å²) >= 11 is 0. The van der Waals surface area contributed by atoms with Gasteiger partial charge in [0.05, 0.1) is 0 Å². The molecule has 2 unspecified atom stereocenters. The van der Waals surface area contributed by atoms with E-state index < -0.39 is 0 Å². The molecule has 306 valence electrons. The number of benzene rings is 7. The van der Waals surface area contributed by atoms with E-state index in [4.69, 9.17) is 0 Å². The molecule has 1 nitrogen and oxygen atoms in total. The molecule has 0 saturated carbocycles. The molecular formula is C60H61N. The summed E-state index contributed by atoms with van der Waals surface area (Å²) < 4.78 is 0. The number of nitrogens with one attached hydrogen (secondary N) is 1. The Labute approximate surface area is 366 Å². The quantitative estimate of drug-likeness (QED) is 0.177. The number of allylic oxidation sites excluding steroid dienone is 4. The van der Waals surface area contributed by atoms with Crippen LogP contribution in [-0.4, -0.2) is 0 Å². The van der Waals surface area contributed by atoms with Crippen molar-refractivity contribution in [1.29, 1.82) is 0 Å². The smallest absolute Gasteiger partial charge is 0.0387 e. The number of aryl methyl sites for hydroxylation is 1. The highest BCUT2D eigenvalue weighted by Gasteiger charge is 2.37. The Morgan fingerprint density at radius 1 is 0.525 bits per heavy atom. The van der Waals surface area contributed by atoms with Crippen molar-refractivity contribution < 1.29 is 0 Å². The van der Waals surface area contributed by atoms with Gasteiger partial charge in [0.1, 0.15) is 0 Å². The molecule has 0 amide bonds. The summed E-state index contributed by atoms with van der Waals surface area (Å²) in [6.45, 7) is 18.3. The van der Waals surface area contributed by atoms with Crippen LogP contribution < -0.4 is 5.32 Å². The molecule has 0 aliphatic heterocycles. The van der Waals surface area contributed by atoms with Crippen LogP contribution in [-0.2, 0) is 10.8 Å². The van der Waals surface area contributed by atoms with E-state index in [2.05, 4.69) is 243 Å². The average molecular weight is 796 g/mol. The molecule has 1 heteroatoms. The topological polar surface area (TPSA) is 12.0 Å². The summed E-state index contributed by atoms with van der Waals surface area (Å²) in [4.78, 5) is 0. The maximum absolute atomic E-state index is 3.73. The van der Waals surface area contributed by atoms with Gasteiger partial charge >= 0.3 is 0 Å². The Bertz CT molecular complexity index is 2720. The van der Waals surface area contributed by atoms with Crippen LogP contribution in [0, 0.1) is 12.8 Å². The van der Waals surface area contributed by atoms with Gasteiger partial charge in [0.2, 0.25) is 0 Å². The standard InChI is InChI=1S/C36H31N.C17H20.C7H10/c1-35(2)31-13-9-8-12-27(31)29-18-15-25(21-33(29)35)37-26-16-19-30-28-17-14-24(23-10-6-5-7-11-23)20-32(28)36(3,4)34(30)22-26;1-4-13(2)15-10-7-8-12-17(15)16-11-6-5-9-14(16)3;1-7-5-3-2-4-6-7/h5-22,37H,1-4H3;5-13H,4H2,1-3H3;2-5,7H,6H2,1H3. The van der Waals surface area contributed by atoms with Crippen molar-refractivity contribution in [3.63, 3.8) is 0 Å². The second-order valence-electron chi connectivity index (χ2n) is 18.3. The minimum Gasteiger partial charge on any atom is -0.356 e. The van der Waals surface area contributed by atoms with Gasteiger partial charge in [0, 0.05) is 22.2 Å². The van der Waals surface area contributed by atoms with E-state index in [-0.39, 0.29) is 10.8 Å². The van der Waals surface area contributed by atoms with Crippen LogP contribution in [0.15, 0.2) is 182 Å². The molecule has 7 aromatic rings. The Morgan fingerprint density at radius 2 is 1.05 bits per heavy atom. The van der Waals surface area contributed by atoms with Crippen LogP contribution in [0.5, 0.6) is 0 Å². The average Bonchev–Trinajstić information content (AvgIpc) is 3.65. The zero-order valence-corrected chi connectivity index (χ0v) is 37.4. The number of hydrogen-bond donors (Lipinski definition) is 1. The Hall–Kier alpha value is -6.18. The van der Waals surface area contributed by atoms with Crippen LogP contribution in [0.25, 0.3) is 44.5 Å². The van der Waals surface area contributed by atoms with Crippen molar-refractivity contribution in [2.75, 3.05) is 5.32 Å². The molecule has 0 bridgehead atoms. The number of hydrogen-bond acceptors (Lipinski definition) is 1. The first-order chi connectivity index (χ1) is 29.5. The van der Waals surface area contributed by atoms with Crippen molar-refractivity contribution in [1.82, 2.24) is 0 Å². The maximum Gasteiger partial charge on any atom is 0.0387 e. The molecule has 0 heterocycles. The summed E-state index contributed by atoms with van der Waals surface area (Å²) in [5.41, 5.74) is 21.3. The minimum atomic E-state index is -0.0608. The molecule has 1 N–H and O–H groups in total. The van der Waals surface area contributed by atoms with Gasteiger partial charge in [-0.05, 0) is 140 Å². The first-order valence-electron chi connectivity index (χ1n) is 22.3. The van der Waals surface area contributed by atoms with Gasteiger partial charge in [-0.1, -0.05) is 200 Å². The molecule has 0 saturated heterocycles. The van der Waals surface area contributed by atoms with Crippen LogP contribution in [0.3, 0.4) is 0 Å². The highest BCUT2D eigenvalue weighted by atomic mass is 14.9. The fraction of sp³-hybridized carbons (Fsp3) is 0.233. The molecule has 0 fully saturated rings. The lowest BCUT2D eigenvalue weighted by Crippen LogP contribution is -2.15. The van der Waals surface area contributed by atoms with Crippen molar-refractivity contribution in [2.24, 2.45) is 5.92 Å². The van der Waals surface area contributed by atoms with Gasteiger partial charge in [-0.3, -0.25) is 0 Å². The number of fused-ring (bicyclic) bond motifs is 6. The lowest BCUT2D eigenvalue weighted by Gasteiger charge is -2.23. The monoisotopic (exact) mass is 795 g/mol. The van der Waals surface area contributed by atoms with E-state index >= 15 is 0 Å². The van der Waals surface area contributed by atoms with Gasteiger partial charge < -0.3 is 5.32 Å². The largest absolute Gasteiger partial charge is 0.356 e. The van der Waals surface area contributed by atoms with E-state index in [9.17, 15) is 0 Å². The van der Waals surface area contributed by atoms with E-state index in [1.807, 2.05) is 0 Å². The van der Waals surface area contributed by atoms with Crippen molar-refractivity contribution >= 4 is 11.4 Å².